The van der Waals surface area contributed by atoms with E-state index in [0.717, 1.165) is 48.1 Å². The Hall–Kier alpha value is -4.12. The summed E-state index contributed by atoms with van der Waals surface area (Å²) in [7, 11) is 0. The summed E-state index contributed by atoms with van der Waals surface area (Å²) in [6.45, 7) is 0. The zero-order valence-electron chi connectivity index (χ0n) is 18.9. The van der Waals surface area contributed by atoms with Crippen molar-refractivity contribution in [2.24, 2.45) is 0 Å². The minimum atomic E-state index is -0.502. The number of anilines is 2. The third kappa shape index (κ3) is 3.15. The van der Waals surface area contributed by atoms with Crippen LogP contribution in [0.3, 0.4) is 0 Å². The van der Waals surface area contributed by atoms with Gasteiger partial charge < -0.3 is 9.73 Å². The summed E-state index contributed by atoms with van der Waals surface area (Å²) < 4.78 is 6.40. The van der Waals surface area contributed by atoms with Crippen molar-refractivity contribution in [3.05, 3.63) is 118 Å². The molecule has 1 unspecified atom stereocenters. The number of rotatable bonds is 2. The number of para-hydroxylation sites is 2. The third-order valence-electron chi connectivity index (χ3n) is 6.48. The Labute approximate surface area is 216 Å². The first-order chi connectivity index (χ1) is 17.7. The van der Waals surface area contributed by atoms with Crippen LogP contribution in [0, 0.1) is 16.7 Å². The molecule has 36 heavy (non-hydrogen) atoms. The number of thioether (sulfide) groups is 2. The molecule has 3 aliphatic rings. The van der Waals surface area contributed by atoms with E-state index in [1.165, 1.54) is 0 Å². The van der Waals surface area contributed by atoms with E-state index < -0.39 is 5.92 Å². The Bertz CT molecular complexity index is 1630. The molecule has 0 bridgehead atoms. The van der Waals surface area contributed by atoms with Crippen LogP contribution in [0.5, 0.6) is 0 Å². The van der Waals surface area contributed by atoms with Gasteiger partial charge >= 0.3 is 0 Å². The van der Waals surface area contributed by atoms with Gasteiger partial charge in [-0.05, 0) is 36.4 Å². The smallest absolute Gasteiger partial charge is 0.137 e. The molecule has 4 heterocycles. The lowest BCUT2D eigenvalue weighted by Gasteiger charge is -2.33. The van der Waals surface area contributed by atoms with Gasteiger partial charge in [0.05, 0.1) is 34.0 Å². The van der Waals surface area contributed by atoms with Gasteiger partial charge in [-0.2, -0.15) is 5.26 Å². The maximum atomic E-state index is 10.5. The molecule has 7 rings (SSSR count). The lowest BCUT2D eigenvalue weighted by Crippen LogP contribution is -2.36. The SMILES string of the molecule is N#CC1=C2Sc3ccccc3N2C(=N)/C(=C2\Nc3ccccc3S2)C1c1ccc(-c2ccccc2)o1. The van der Waals surface area contributed by atoms with Gasteiger partial charge in [0.1, 0.15) is 22.4 Å². The molecule has 0 amide bonds. The topological polar surface area (TPSA) is 76.1 Å². The van der Waals surface area contributed by atoms with Gasteiger partial charge in [-0.1, -0.05) is 78.1 Å². The quantitative estimate of drug-likeness (QED) is 0.291. The molecule has 0 radical (unpaired) electrons. The van der Waals surface area contributed by atoms with E-state index in [1.54, 1.807) is 23.5 Å². The summed E-state index contributed by atoms with van der Waals surface area (Å²) in [6.07, 6.45) is 0. The van der Waals surface area contributed by atoms with Gasteiger partial charge in [-0.15, -0.1) is 0 Å². The summed E-state index contributed by atoms with van der Waals surface area (Å²) in [4.78, 5) is 4.04. The molecule has 172 valence electrons. The Morgan fingerprint density at radius 2 is 1.61 bits per heavy atom. The first kappa shape index (κ1) is 21.2. The number of hydrogen-bond donors (Lipinski definition) is 2. The molecule has 0 saturated heterocycles. The van der Waals surface area contributed by atoms with Crippen LogP contribution in [0.4, 0.5) is 11.4 Å². The highest BCUT2D eigenvalue weighted by Crippen LogP contribution is 2.56. The molecule has 5 nitrogen and oxygen atoms in total. The van der Waals surface area contributed by atoms with Crippen molar-refractivity contribution in [3.8, 4) is 17.4 Å². The van der Waals surface area contributed by atoms with Gasteiger partial charge in [-0.3, -0.25) is 10.3 Å². The second-order valence-corrected chi connectivity index (χ2v) is 10.6. The number of fused-ring (bicyclic) bond motifs is 4. The summed E-state index contributed by atoms with van der Waals surface area (Å²) in [6, 6.07) is 32.4. The maximum Gasteiger partial charge on any atom is 0.137 e. The average molecular weight is 503 g/mol. The van der Waals surface area contributed by atoms with Crippen LogP contribution in [0.15, 0.2) is 126 Å². The number of nitrogens with zero attached hydrogens (tertiary/aromatic N) is 2. The van der Waals surface area contributed by atoms with Crippen LogP contribution < -0.4 is 10.2 Å². The summed E-state index contributed by atoms with van der Waals surface area (Å²) in [5, 5.41) is 25.0. The molecule has 4 aromatic rings. The van der Waals surface area contributed by atoms with Crippen molar-refractivity contribution < 1.29 is 4.42 Å². The van der Waals surface area contributed by atoms with Gasteiger partial charge in [0.25, 0.3) is 0 Å². The molecule has 3 aliphatic heterocycles. The van der Waals surface area contributed by atoms with Crippen LogP contribution in [0.2, 0.25) is 0 Å². The van der Waals surface area contributed by atoms with Crippen LogP contribution >= 0.6 is 23.5 Å². The van der Waals surface area contributed by atoms with Crippen molar-refractivity contribution in [2.45, 2.75) is 15.7 Å². The predicted octanol–water partition coefficient (Wildman–Crippen LogP) is 7.80. The number of allylic oxidation sites excluding steroid dienone is 1. The minimum absolute atomic E-state index is 0.354. The largest absolute Gasteiger partial charge is 0.460 e. The summed E-state index contributed by atoms with van der Waals surface area (Å²) in [5.74, 6) is 1.24. The molecule has 3 aromatic carbocycles. The number of amidine groups is 1. The second kappa shape index (κ2) is 8.23. The van der Waals surface area contributed by atoms with Crippen molar-refractivity contribution in [3.63, 3.8) is 0 Å². The molecule has 0 aliphatic carbocycles. The maximum absolute atomic E-state index is 10.5. The first-order valence-corrected chi connectivity index (χ1v) is 13.1. The fourth-order valence-electron chi connectivity index (χ4n) is 4.85. The first-order valence-electron chi connectivity index (χ1n) is 11.5. The van der Waals surface area contributed by atoms with Crippen LogP contribution in [-0.2, 0) is 0 Å². The molecule has 0 spiro atoms. The Balaban J connectivity index is 1.44. The Morgan fingerprint density at radius 1 is 0.861 bits per heavy atom. The van der Waals surface area contributed by atoms with Crippen molar-refractivity contribution >= 4 is 40.7 Å². The monoisotopic (exact) mass is 502 g/mol. The highest BCUT2D eigenvalue weighted by atomic mass is 32.2. The van der Waals surface area contributed by atoms with Gasteiger partial charge in [0, 0.05) is 20.9 Å². The fraction of sp³-hybridized carbons (Fsp3) is 0.0345. The van der Waals surface area contributed by atoms with Crippen molar-refractivity contribution in [1.29, 1.82) is 10.7 Å². The highest BCUT2D eigenvalue weighted by molar-refractivity contribution is 8.04. The molecule has 2 N–H and O–H groups in total. The number of nitriles is 1. The number of nitrogens with one attached hydrogen (secondary N) is 2. The standard InChI is InChI=1S/C29H18N4OS2/c30-16-18-25(22-15-14-21(34-22)17-8-2-1-3-9-17)26(28-32-19-10-4-6-12-23(19)35-28)27(31)33-20-11-5-7-13-24(20)36-29(18)33/h1-15,25,31-32H/b28-26+,31-27?. The molecule has 1 atom stereocenters. The Morgan fingerprint density at radius 3 is 2.42 bits per heavy atom. The number of benzene rings is 3. The van der Waals surface area contributed by atoms with Crippen LogP contribution in [0.25, 0.3) is 11.3 Å². The average Bonchev–Trinajstić information content (AvgIpc) is 3.65. The molecule has 0 fully saturated rings. The van der Waals surface area contributed by atoms with E-state index in [0.29, 0.717) is 17.2 Å². The van der Waals surface area contributed by atoms with E-state index in [2.05, 4.69) is 17.5 Å². The fourth-order valence-corrected chi connectivity index (χ4v) is 7.10. The van der Waals surface area contributed by atoms with E-state index in [1.807, 2.05) is 89.8 Å². The highest BCUT2D eigenvalue weighted by Gasteiger charge is 2.45. The van der Waals surface area contributed by atoms with Crippen LogP contribution in [0.1, 0.15) is 11.7 Å². The number of hydrogen-bond acceptors (Lipinski definition) is 6. The van der Waals surface area contributed by atoms with Crippen molar-refractivity contribution in [1.82, 2.24) is 0 Å². The van der Waals surface area contributed by atoms with E-state index in [-0.39, 0.29) is 0 Å². The zero-order valence-corrected chi connectivity index (χ0v) is 20.5. The van der Waals surface area contributed by atoms with Crippen LogP contribution in [-0.4, -0.2) is 5.84 Å². The van der Waals surface area contributed by atoms with E-state index >= 15 is 0 Å². The molecular formula is C29H18N4OS2. The summed E-state index contributed by atoms with van der Waals surface area (Å²) >= 11 is 3.14. The lowest BCUT2D eigenvalue weighted by molar-refractivity contribution is 0.515. The summed E-state index contributed by atoms with van der Waals surface area (Å²) in [5.41, 5.74) is 4.23. The minimum Gasteiger partial charge on any atom is -0.460 e. The van der Waals surface area contributed by atoms with Crippen molar-refractivity contribution in [2.75, 3.05) is 10.2 Å². The normalized spacial score (nSPS) is 20.0. The van der Waals surface area contributed by atoms with E-state index in [4.69, 9.17) is 4.42 Å². The van der Waals surface area contributed by atoms with Gasteiger partial charge in [0.2, 0.25) is 0 Å². The molecular weight excluding hydrogens is 484 g/mol. The second-order valence-electron chi connectivity index (χ2n) is 8.55. The zero-order chi connectivity index (χ0) is 24.2. The molecule has 1 aromatic heterocycles. The lowest BCUT2D eigenvalue weighted by atomic mass is 9.86. The molecule has 0 saturated carbocycles. The Kier molecular flexibility index (Phi) is 4.84. The number of furan rings is 1. The third-order valence-corrected chi connectivity index (χ3v) is 8.75. The van der Waals surface area contributed by atoms with Gasteiger partial charge in [0.15, 0.2) is 0 Å². The molecule has 7 heteroatoms. The van der Waals surface area contributed by atoms with Gasteiger partial charge in [-0.25, -0.2) is 0 Å². The predicted molar refractivity (Wildman–Crippen MR) is 145 cm³/mol. The van der Waals surface area contributed by atoms with E-state index in [9.17, 15) is 10.7 Å².